The highest BCUT2D eigenvalue weighted by atomic mass is 16.5. The second kappa shape index (κ2) is 6.87. The second-order valence-corrected chi connectivity index (χ2v) is 8.09. The predicted molar refractivity (Wildman–Crippen MR) is 99.7 cm³/mol. The van der Waals surface area contributed by atoms with Crippen molar-refractivity contribution >= 4 is 23.7 Å². The number of hydrogen-bond donors (Lipinski definition) is 1. The van der Waals surface area contributed by atoms with Gasteiger partial charge >= 0.3 is 12.1 Å². The number of carbonyl (C=O) groups is 3. The van der Waals surface area contributed by atoms with Crippen LogP contribution in [-0.4, -0.2) is 53.2 Å². The van der Waals surface area contributed by atoms with Gasteiger partial charge in [0, 0.05) is 6.54 Å². The molecule has 2 heterocycles. The van der Waals surface area contributed by atoms with Gasteiger partial charge in [-0.25, -0.2) is 9.59 Å². The van der Waals surface area contributed by atoms with Crippen molar-refractivity contribution in [3.63, 3.8) is 0 Å². The van der Waals surface area contributed by atoms with Gasteiger partial charge in [0.1, 0.15) is 6.04 Å². The molecule has 1 aromatic rings. The molecule has 2 unspecified atom stereocenters. The molecule has 0 saturated carbocycles. The first-order chi connectivity index (χ1) is 12.7. The fourth-order valence-electron chi connectivity index (χ4n) is 4.13. The zero-order chi connectivity index (χ0) is 19.9. The first-order valence-electron chi connectivity index (χ1n) is 9.26. The van der Waals surface area contributed by atoms with Crippen molar-refractivity contribution in [2.24, 2.45) is 5.41 Å². The fraction of sp³-hybridized carbons (Fsp3) is 0.550. The molecular weight excluding hydrogens is 348 g/mol. The Bertz CT molecular complexity index is 770. The molecule has 146 valence electrons. The minimum atomic E-state index is -1.08. The van der Waals surface area contributed by atoms with Gasteiger partial charge in [-0.15, -0.1) is 0 Å². The summed E-state index contributed by atoms with van der Waals surface area (Å²) in [6.45, 7) is 8.26. The molecule has 27 heavy (non-hydrogen) atoms. The monoisotopic (exact) mass is 374 g/mol. The van der Waals surface area contributed by atoms with Crippen LogP contribution in [0.4, 0.5) is 10.5 Å². The standard InChI is InChI=1S/C20H26N2O5/c1-5-27-18(24)14-10-11-21(14)17(23)15-12-8-6-7-9-13(12)22(19(25)26)16(15)20(2,3)4/h6-9,14-16H,5,10-11H2,1-4H3,(H,25,26)/t14-,15?,16?/m0/s1. The largest absolute Gasteiger partial charge is 0.465 e. The minimum Gasteiger partial charge on any atom is -0.465 e. The molecule has 0 aromatic heterocycles. The van der Waals surface area contributed by atoms with E-state index in [-0.39, 0.29) is 12.5 Å². The number of amides is 2. The highest BCUT2D eigenvalue weighted by Gasteiger charge is 2.53. The van der Waals surface area contributed by atoms with Crippen molar-refractivity contribution in [2.45, 2.75) is 52.1 Å². The van der Waals surface area contributed by atoms with E-state index in [1.165, 1.54) is 9.80 Å². The van der Waals surface area contributed by atoms with E-state index in [0.717, 1.165) is 0 Å². The highest BCUT2D eigenvalue weighted by molar-refractivity contribution is 5.99. The van der Waals surface area contributed by atoms with Gasteiger partial charge in [0.05, 0.1) is 24.3 Å². The molecule has 3 atom stereocenters. The number of likely N-dealkylation sites (tertiary alicyclic amines) is 1. The zero-order valence-corrected chi connectivity index (χ0v) is 16.1. The smallest absolute Gasteiger partial charge is 0.412 e. The average molecular weight is 374 g/mol. The van der Waals surface area contributed by atoms with E-state index in [1.807, 2.05) is 26.8 Å². The molecule has 1 fully saturated rings. The number of hydrogen-bond acceptors (Lipinski definition) is 4. The molecule has 0 radical (unpaired) electrons. The van der Waals surface area contributed by atoms with Crippen LogP contribution < -0.4 is 4.90 Å². The molecule has 1 aromatic carbocycles. The van der Waals surface area contributed by atoms with Crippen LogP contribution in [-0.2, 0) is 14.3 Å². The second-order valence-electron chi connectivity index (χ2n) is 8.09. The molecule has 2 aliphatic rings. The number of anilines is 1. The SMILES string of the molecule is CCOC(=O)[C@@H]1CCN1C(=O)C1c2ccccc2N(C(=O)O)C1C(C)(C)C. The maximum atomic E-state index is 13.4. The molecule has 1 saturated heterocycles. The molecule has 0 bridgehead atoms. The van der Waals surface area contributed by atoms with Gasteiger partial charge in [0.25, 0.3) is 0 Å². The van der Waals surface area contributed by atoms with Gasteiger partial charge < -0.3 is 14.7 Å². The number of nitrogens with zero attached hydrogens (tertiary/aromatic N) is 2. The minimum absolute atomic E-state index is 0.213. The lowest BCUT2D eigenvalue weighted by Gasteiger charge is -2.43. The van der Waals surface area contributed by atoms with Gasteiger partial charge in [0.2, 0.25) is 5.91 Å². The van der Waals surface area contributed by atoms with Crippen molar-refractivity contribution in [2.75, 3.05) is 18.1 Å². The first-order valence-corrected chi connectivity index (χ1v) is 9.26. The quantitative estimate of drug-likeness (QED) is 0.822. The first kappa shape index (κ1) is 19.2. The van der Waals surface area contributed by atoms with Crippen molar-refractivity contribution < 1.29 is 24.2 Å². The molecular formula is C20H26N2O5. The van der Waals surface area contributed by atoms with Crippen LogP contribution in [0.25, 0.3) is 0 Å². The van der Waals surface area contributed by atoms with E-state index < -0.39 is 35.5 Å². The Morgan fingerprint density at radius 1 is 1.22 bits per heavy atom. The van der Waals surface area contributed by atoms with Crippen molar-refractivity contribution in [1.82, 2.24) is 4.90 Å². The molecule has 0 aliphatic carbocycles. The number of benzene rings is 1. The Kier molecular flexibility index (Phi) is 4.88. The van der Waals surface area contributed by atoms with Crippen LogP contribution in [0.3, 0.4) is 0 Å². The Labute approximate surface area is 158 Å². The Morgan fingerprint density at radius 2 is 1.89 bits per heavy atom. The van der Waals surface area contributed by atoms with E-state index in [1.54, 1.807) is 25.1 Å². The van der Waals surface area contributed by atoms with Crippen LogP contribution in [0.1, 0.15) is 45.6 Å². The van der Waals surface area contributed by atoms with E-state index in [9.17, 15) is 19.5 Å². The number of ether oxygens (including phenoxy) is 1. The van der Waals surface area contributed by atoms with E-state index in [4.69, 9.17) is 4.74 Å². The molecule has 0 spiro atoms. The lowest BCUT2D eigenvalue weighted by molar-refractivity contribution is -0.162. The number of para-hydroxylation sites is 1. The van der Waals surface area contributed by atoms with Gasteiger partial charge in [-0.05, 0) is 30.4 Å². The molecule has 1 N–H and O–H groups in total. The third kappa shape index (κ3) is 3.15. The van der Waals surface area contributed by atoms with E-state index in [0.29, 0.717) is 24.2 Å². The summed E-state index contributed by atoms with van der Waals surface area (Å²) in [7, 11) is 0. The third-order valence-corrected chi connectivity index (χ3v) is 5.35. The van der Waals surface area contributed by atoms with Gasteiger partial charge in [0.15, 0.2) is 0 Å². The van der Waals surface area contributed by atoms with Crippen molar-refractivity contribution in [1.29, 1.82) is 0 Å². The number of esters is 1. The Morgan fingerprint density at radius 3 is 2.41 bits per heavy atom. The van der Waals surface area contributed by atoms with Crippen molar-refractivity contribution in [3.8, 4) is 0 Å². The Balaban J connectivity index is 2.00. The maximum Gasteiger partial charge on any atom is 0.412 e. The fourth-order valence-corrected chi connectivity index (χ4v) is 4.13. The van der Waals surface area contributed by atoms with Crippen LogP contribution in [0, 0.1) is 5.41 Å². The molecule has 2 amide bonds. The topological polar surface area (TPSA) is 87.2 Å². The third-order valence-electron chi connectivity index (χ3n) is 5.35. The summed E-state index contributed by atoms with van der Waals surface area (Å²) < 4.78 is 5.07. The summed E-state index contributed by atoms with van der Waals surface area (Å²) in [4.78, 5) is 40.4. The number of carboxylic acid groups (broad SMARTS) is 1. The summed E-state index contributed by atoms with van der Waals surface area (Å²) in [5.74, 6) is -1.25. The summed E-state index contributed by atoms with van der Waals surface area (Å²) in [5.41, 5.74) is 0.762. The number of fused-ring (bicyclic) bond motifs is 1. The van der Waals surface area contributed by atoms with E-state index >= 15 is 0 Å². The van der Waals surface area contributed by atoms with Crippen LogP contribution >= 0.6 is 0 Å². The zero-order valence-electron chi connectivity index (χ0n) is 16.1. The molecule has 7 heteroatoms. The lowest BCUT2D eigenvalue weighted by Crippen LogP contribution is -2.59. The summed E-state index contributed by atoms with van der Waals surface area (Å²) in [5, 5.41) is 9.84. The normalized spacial score (nSPS) is 24.2. The Hall–Kier alpha value is -2.57. The summed E-state index contributed by atoms with van der Waals surface area (Å²) >= 11 is 0. The van der Waals surface area contributed by atoms with Gasteiger partial charge in [-0.3, -0.25) is 9.69 Å². The molecule has 7 nitrogen and oxygen atoms in total. The number of carbonyl (C=O) groups excluding carboxylic acids is 2. The summed E-state index contributed by atoms with van der Waals surface area (Å²) in [6.07, 6.45) is -0.509. The molecule has 3 rings (SSSR count). The molecule has 2 aliphatic heterocycles. The van der Waals surface area contributed by atoms with Gasteiger partial charge in [-0.1, -0.05) is 39.0 Å². The van der Waals surface area contributed by atoms with Crippen LogP contribution in [0.2, 0.25) is 0 Å². The van der Waals surface area contributed by atoms with Crippen LogP contribution in [0.5, 0.6) is 0 Å². The van der Waals surface area contributed by atoms with E-state index in [2.05, 4.69) is 0 Å². The maximum absolute atomic E-state index is 13.4. The van der Waals surface area contributed by atoms with Crippen molar-refractivity contribution in [3.05, 3.63) is 29.8 Å². The van der Waals surface area contributed by atoms with Gasteiger partial charge in [-0.2, -0.15) is 0 Å². The number of rotatable bonds is 3. The lowest BCUT2D eigenvalue weighted by atomic mass is 9.77. The highest BCUT2D eigenvalue weighted by Crippen LogP contribution is 2.49. The summed E-state index contributed by atoms with van der Waals surface area (Å²) in [6, 6.07) is 5.98. The average Bonchev–Trinajstić information content (AvgIpc) is 2.89. The predicted octanol–water partition coefficient (Wildman–Crippen LogP) is 2.85. The van der Waals surface area contributed by atoms with Crippen LogP contribution in [0.15, 0.2) is 24.3 Å².